The summed E-state index contributed by atoms with van der Waals surface area (Å²) in [6.45, 7) is 3.11. The van der Waals surface area contributed by atoms with E-state index in [1.807, 2.05) is 18.3 Å². The number of carbonyl (C=O) groups excluding carboxylic acids is 1. The van der Waals surface area contributed by atoms with Crippen molar-refractivity contribution in [1.82, 2.24) is 15.0 Å². The largest absolute Gasteiger partial charge is 0.380 e. The van der Waals surface area contributed by atoms with Crippen LogP contribution in [0.5, 0.6) is 0 Å². The van der Waals surface area contributed by atoms with Crippen molar-refractivity contribution >= 4 is 22.6 Å². The van der Waals surface area contributed by atoms with Gasteiger partial charge in [-0.2, -0.15) is 0 Å². The Morgan fingerprint density at radius 3 is 2.90 bits per heavy atom. The normalized spacial score (nSPS) is 18.8. The molecule has 1 fully saturated rings. The third-order valence-corrected chi connectivity index (χ3v) is 5.42. The SMILES string of the molecule is COCc1cc(Cc2c[nH]c3cnc(NC(C)=O)cc23)nc([C@@]2(OC)CCOC2)c1. The smallest absolute Gasteiger partial charge is 0.222 e. The van der Waals surface area contributed by atoms with Crippen LogP contribution in [0.3, 0.4) is 0 Å². The summed E-state index contributed by atoms with van der Waals surface area (Å²) in [5, 5.41) is 3.74. The van der Waals surface area contributed by atoms with Gasteiger partial charge in [0.2, 0.25) is 5.91 Å². The number of ether oxygens (including phenoxy) is 3. The molecular formula is C22H26N4O4. The van der Waals surface area contributed by atoms with Crippen molar-refractivity contribution in [2.45, 2.75) is 32.0 Å². The van der Waals surface area contributed by atoms with Gasteiger partial charge in [0.05, 0.1) is 30.6 Å². The van der Waals surface area contributed by atoms with Crippen LogP contribution in [0.4, 0.5) is 5.82 Å². The predicted molar refractivity (Wildman–Crippen MR) is 112 cm³/mol. The van der Waals surface area contributed by atoms with Gasteiger partial charge in [0.25, 0.3) is 0 Å². The quantitative estimate of drug-likeness (QED) is 0.621. The van der Waals surface area contributed by atoms with Crippen LogP contribution in [0, 0.1) is 0 Å². The molecule has 0 aromatic carbocycles. The van der Waals surface area contributed by atoms with E-state index in [1.54, 1.807) is 20.4 Å². The molecule has 3 aromatic heterocycles. The van der Waals surface area contributed by atoms with Crippen LogP contribution in [-0.4, -0.2) is 48.3 Å². The number of carbonyl (C=O) groups is 1. The Bertz CT molecular complexity index is 1060. The number of aromatic nitrogens is 3. The second kappa shape index (κ2) is 8.51. The topological polar surface area (TPSA) is 98.4 Å². The average molecular weight is 410 g/mol. The number of methoxy groups -OCH3 is 2. The highest BCUT2D eigenvalue weighted by Gasteiger charge is 2.38. The number of nitrogens with one attached hydrogen (secondary N) is 2. The maximum Gasteiger partial charge on any atom is 0.222 e. The molecular weight excluding hydrogens is 384 g/mol. The van der Waals surface area contributed by atoms with Gasteiger partial charge in [0, 0.05) is 57.9 Å². The number of hydrogen-bond acceptors (Lipinski definition) is 6. The minimum absolute atomic E-state index is 0.152. The molecule has 4 heterocycles. The van der Waals surface area contributed by atoms with Crippen LogP contribution >= 0.6 is 0 Å². The van der Waals surface area contributed by atoms with E-state index in [-0.39, 0.29) is 5.91 Å². The highest BCUT2D eigenvalue weighted by Crippen LogP contribution is 2.34. The molecule has 0 unspecified atom stereocenters. The highest BCUT2D eigenvalue weighted by atomic mass is 16.5. The summed E-state index contributed by atoms with van der Waals surface area (Å²) < 4.78 is 16.8. The van der Waals surface area contributed by atoms with E-state index in [9.17, 15) is 4.79 Å². The van der Waals surface area contributed by atoms with Gasteiger partial charge >= 0.3 is 0 Å². The molecule has 1 aliphatic heterocycles. The molecule has 0 spiro atoms. The molecule has 158 valence electrons. The van der Waals surface area contributed by atoms with E-state index >= 15 is 0 Å². The zero-order chi connectivity index (χ0) is 21.1. The van der Waals surface area contributed by atoms with Crippen LogP contribution in [-0.2, 0) is 37.6 Å². The van der Waals surface area contributed by atoms with Gasteiger partial charge in [-0.15, -0.1) is 0 Å². The lowest BCUT2D eigenvalue weighted by atomic mass is 9.95. The maximum atomic E-state index is 11.4. The minimum atomic E-state index is -0.527. The van der Waals surface area contributed by atoms with Gasteiger partial charge in [-0.3, -0.25) is 9.78 Å². The third kappa shape index (κ3) is 4.07. The van der Waals surface area contributed by atoms with Gasteiger partial charge in [-0.05, 0) is 29.3 Å². The summed E-state index contributed by atoms with van der Waals surface area (Å²) in [4.78, 5) is 23.8. The van der Waals surface area contributed by atoms with Gasteiger partial charge < -0.3 is 24.5 Å². The molecule has 0 bridgehead atoms. The van der Waals surface area contributed by atoms with Gasteiger partial charge in [0.1, 0.15) is 11.4 Å². The Balaban J connectivity index is 1.71. The molecule has 1 atom stereocenters. The molecule has 1 saturated heterocycles. The molecule has 1 amide bonds. The number of rotatable bonds is 7. The van der Waals surface area contributed by atoms with Crippen molar-refractivity contribution in [3.05, 3.63) is 53.1 Å². The van der Waals surface area contributed by atoms with Gasteiger partial charge in [0.15, 0.2) is 0 Å². The first-order valence-electron chi connectivity index (χ1n) is 9.89. The average Bonchev–Trinajstić information content (AvgIpc) is 3.36. The summed E-state index contributed by atoms with van der Waals surface area (Å²) in [6.07, 6.45) is 5.07. The lowest BCUT2D eigenvalue weighted by molar-refractivity contribution is -0.114. The fraction of sp³-hybridized carbons (Fsp3) is 0.409. The van der Waals surface area contributed by atoms with E-state index in [4.69, 9.17) is 19.2 Å². The van der Waals surface area contributed by atoms with Crippen molar-refractivity contribution < 1.29 is 19.0 Å². The van der Waals surface area contributed by atoms with Gasteiger partial charge in [-0.1, -0.05) is 0 Å². The first kappa shape index (κ1) is 20.5. The number of fused-ring (bicyclic) bond motifs is 1. The number of H-pyrrole nitrogens is 1. The molecule has 0 aliphatic carbocycles. The van der Waals surface area contributed by atoms with Gasteiger partial charge in [-0.25, -0.2) is 4.98 Å². The molecule has 8 nitrogen and oxygen atoms in total. The molecule has 3 aromatic rings. The van der Waals surface area contributed by atoms with Crippen LogP contribution in [0.2, 0.25) is 0 Å². The number of nitrogens with zero attached hydrogens (tertiary/aromatic N) is 2. The van der Waals surface area contributed by atoms with E-state index in [2.05, 4.69) is 21.4 Å². The van der Waals surface area contributed by atoms with Crippen LogP contribution in [0.15, 0.2) is 30.6 Å². The Labute approximate surface area is 175 Å². The number of anilines is 1. The van der Waals surface area contributed by atoms with Crippen LogP contribution in [0.1, 0.15) is 35.9 Å². The lowest BCUT2D eigenvalue weighted by Gasteiger charge is -2.26. The number of aromatic amines is 1. The minimum Gasteiger partial charge on any atom is -0.380 e. The van der Waals surface area contributed by atoms with Crippen molar-refractivity contribution in [1.29, 1.82) is 0 Å². The molecule has 8 heteroatoms. The summed E-state index contributed by atoms with van der Waals surface area (Å²) >= 11 is 0. The molecule has 1 aliphatic rings. The van der Waals surface area contributed by atoms with Crippen molar-refractivity contribution in [3.63, 3.8) is 0 Å². The summed E-state index contributed by atoms with van der Waals surface area (Å²) in [7, 11) is 3.38. The van der Waals surface area contributed by atoms with Crippen molar-refractivity contribution in [2.75, 3.05) is 32.8 Å². The Kier molecular flexibility index (Phi) is 5.80. The van der Waals surface area contributed by atoms with Crippen LogP contribution in [0.25, 0.3) is 10.9 Å². The predicted octanol–water partition coefficient (Wildman–Crippen LogP) is 2.92. The third-order valence-electron chi connectivity index (χ3n) is 5.42. The van der Waals surface area contributed by atoms with Crippen molar-refractivity contribution in [2.24, 2.45) is 0 Å². The number of amides is 1. The zero-order valence-electron chi connectivity index (χ0n) is 17.4. The second-order valence-corrected chi connectivity index (χ2v) is 7.57. The second-order valence-electron chi connectivity index (χ2n) is 7.57. The molecule has 0 radical (unpaired) electrons. The summed E-state index contributed by atoms with van der Waals surface area (Å²) in [5.41, 5.74) is 4.28. The Morgan fingerprint density at radius 1 is 1.33 bits per heavy atom. The van der Waals surface area contributed by atoms with E-state index < -0.39 is 5.60 Å². The van der Waals surface area contributed by atoms with Crippen LogP contribution < -0.4 is 5.32 Å². The lowest BCUT2D eigenvalue weighted by Crippen LogP contribution is -2.30. The zero-order valence-corrected chi connectivity index (χ0v) is 17.4. The molecule has 4 rings (SSSR count). The first-order chi connectivity index (χ1) is 14.5. The summed E-state index contributed by atoms with van der Waals surface area (Å²) in [5.74, 6) is 0.375. The Hall–Kier alpha value is -2.81. The van der Waals surface area contributed by atoms with E-state index in [0.717, 1.165) is 39.8 Å². The number of hydrogen-bond donors (Lipinski definition) is 2. The monoisotopic (exact) mass is 410 g/mol. The number of pyridine rings is 2. The highest BCUT2D eigenvalue weighted by molar-refractivity contribution is 5.91. The Morgan fingerprint density at radius 2 is 2.20 bits per heavy atom. The van der Waals surface area contributed by atoms with E-state index in [1.165, 1.54) is 6.92 Å². The van der Waals surface area contributed by atoms with E-state index in [0.29, 0.717) is 32.1 Å². The molecule has 2 N–H and O–H groups in total. The maximum absolute atomic E-state index is 11.4. The molecule has 0 saturated carbocycles. The fourth-order valence-electron chi connectivity index (χ4n) is 3.91. The first-order valence-corrected chi connectivity index (χ1v) is 9.89. The van der Waals surface area contributed by atoms with Crippen molar-refractivity contribution in [3.8, 4) is 0 Å². The molecule has 30 heavy (non-hydrogen) atoms. The summed E-state index contributed by atoms with van der Waals surface area (Å²) in [6, 6.07) is 5.98. The fourth-order valence-corrected chi connectivity index (χ4v) is 3.91. The standard InChI is InChI=1S/C22H26N4O4/c1-14(27)25-21-9-18-16(10-23-19(18)11-24-21)8-17-6-15(12-28-2)7-20(26-17)22(29-3)4-5-30-13-22/h6-7,9-11,23H,4-5,8,12-13H2,1-3H3,(H,24,25,27)/t22-/m1/s1.